The van der Waals surface area contributed by atoms with Crippen molar-refractivity contribution in [1.82, 2.24) is 4.98 Å². The van der Waals surface area contributed by atoms with Crippen molar-refractivity contribution in [2.75, 3.05) is 0 Å². The lowest BCUT2D eigenvalue weighted by atomic mass is 10.3. The van der Waals surface area contributed by atoms with Crippen molar-refractivity contribution in [2.24, 2.45) is 0 Å². The molecule has 0 fully saturated rings. The topological polar surface area (TPSA) is 67.3 Å². The molecule has 4 nitrogen and oxygen atoms in total. The minimum Gasteiger partial charge on any atom is -0.285 e. The van der Waals surface area contributed by atoms with Crippen molar-refractivity contribution >= 4 is 10.1 Å². The second kappa shape index (κ2) is 3.20. The molecule has 1 aromatic heterocycles. The van der Waals surface area contributed by atoms with E-state index < -0.39 is 15.4 Å². The monoisotopic (exact) mass is 187 g/mol. The Morgan fingerprint density at radius 3 is 2.58 bits per heavy atom. The highest BCUT2D eigenvalue weighted by Gasteiger charge is 2.19. The van der Waals surface area contributed by atoms with Gasteiger partial charge in [-0.05, 0) is 19.1 Å². The molecule has 66 valence electrons. The lowest BCUT2D eigenvalue weighted by Gasteiger charge is -2.05. The zero-order valence-corrected chi connectivity index (χ0v) is 7.32. The summed E-state index contributed by atoms with van der Waals surface area (Å²) in [7, 11) is -4.02. The van der Waals surface area contributed by atoms with Gasteiger partial charge in [-0.3, -0.25) is 9.54 Å². The van der Waals surface area contributed by atoms with Crippen molar-refractivity contribution < 1.29 is 13.0 Å². The third kappa shape index (κ3) is 2.02. The molecule has 12 heavy (non-hydrogen) atoms. The molecule has 1 N–H and O–H groups in total. The van der Waals surface area contributed by atoms with Gasteiger partial charge < -0.3 is 0 Å². The molecule has 1 rings (SSSR count). The van der Waals surface area contributed by atoms with Crippen LogP contribution in [0.25, 0.3) is 0 Å². The van der Waals surface area contributed by atoms with Gasteiger partial charge in [0.2, 0.25) is 0 Å². The van der Waals surface area contributed by atoms with Gasteiger partial charge in [-0.1, -0.05) is 6.07 Å². The lowest BCUT2D eigenvalue weighted by molar-refractivity contribution is 0.471. The molecule has 1 aromatic rings. The molecular formula is C7H9NO3S. The van der Waals surface area contributed by atoms with Gasteiger partial charge in [-0.15, -0.1) is 0 Å². The summed E-state index contributed by atoms with van der Waals surface area (Å²) in [5.74, 6) is 0. The first kappa shape index (κ1) is 9.15. The molecular weight excluding hydrogens is 178 g/mol. The van der Waals surface area contributed by atoms with Crippen LogP contribution in [-0.4, -0.2) is 18.0 Å². The second-order valence-electron chi connectivity index (χ2n) is 2.41. The SMILES string of the molecule is C[C@H](c1ccccn1)S(=O)(=O)O. The van der Waals surface area contributed by atoms with Crippen molar-refractivity contribution in [1.29, 1.82) is 0 Å². The highest BCUT2D eigenvalue weighted by molar-refractivity contribution is 7.86. The Balaban J connectivity index is 3.02. The van der Waals surface area contributed by atoms with Gasteiger partial charge in [0.15, 0.2) is 0 Å². The summed E-state index contributed by atoms with van der Waals surface area (Å²) in [6.45, 7) is 1.39. The zero-order chi connectivity index (χ0) is 9.19. The summed E-state index contributed by atoms with van der Waals surface area (Å²) in [5, 5.41) is -0.960. The van der Waals surface area contributed by atoms with Gasteiger partial charge in [-0.25, -0.2) is 0 Å². The molecule has 0 bridgehead atoms. The first-order valence-electron chi connectivity index (χ1n) is 3.39. The van der Waals surface area contributed by atoms with Crippen LogP contribution in [0.4, 0.5) is 0 Å². The normalized spacial score (nSPS) is 14.2. The molecule has 0 amide bonds. The maximum absolute atomic E-state index is 10.6. The number of pyridine rings is 1. The first-order valence-corrected chi connectivity index (χ1v) is 4.89. The van der Waals surface area contributed by atoms with E-state index in [1.807, 2.05) is 0 Å². The molecule has 1 heterocycles. The summed E-state index contributed by atoms with van der Waals surface area (Å²) >= 11 is 0. The van der Waals surface area contributed by atoms with E-state index in [2.05, 4.69) is 4.98 Å². The maximum Gasteiger partial charge on any atom is 0.273 e. The zero-order valence-electron chi connectivity index (χ0n) is 6.51. The van der Waals surface area contributed by atoms with Crippen LogP contribution in [0.15, 0.2) is 24.4 Å². The smallest absolute Gasteiger partial charge is 0.273 e. The van der Waals surface area contributed by atoms with Crippen LogP contribution < -0.4 is 0 Å². The van der Waals surface area contributed by atoms with Gasteiger partial charge in [0.25, 0.3) is 10.1 Å². The van der Waals surface area contributed by atoms with Crippen molar-refractivity contribution in [3.8, 4) is 0 Å². The third-order valence-corrected chi connectivity index (χ3v) is 2.69. The van der Waals surface area contributed by atoms with E-state index in [0.717, 1.165) is 0 Å². The minimum absolute atomic E-state index is 0.347. The molecule has 5 heteroatoms. The first-order chi connectivity index (χ1) is 5.52. The molecule has 1 atom stereocenters. The number of hydrogen-bond donors (Lipinski definition) is 1. The van der Waals surface area contributed by atoms with Crippen LogP contribution in [0.2, 0.25) is 0 Å². The quantitative estimate of drug-likeness (QED) is 0.702. The average Bonchev–Trinajstić information content (AvgIpc) is 2.03. The van der Waals surface area contributed by atoms with Crippen molar-refractivity contribution in [3.05, 3.63) is 30.1 Å². The van der Waals surface area contributed by atoms with Crippen LogP contribution >= 0.6 is 0 Å². The van der Waals surface area contributed by atoms with Gasteiger partial charge >= 0.3 is 0 Å². The largest absolute Gasteiger partial charge is 0.285 e. The van der Waals surface area contributed by atoms with E-state index in [1.54, 1.807) is 18.2 Å². The molecule has 0 aliphatic rings. The highest BCUT2D eigenvalue weighted by Crippen LogP contribution is 2.16. The molecule has 0 aromatic carbocycles. The fourth-order valence-electron chi connectivity index (χ4n) is 0.769. The molecule has 0 radical (unpaired) electrons. The Bertz CT molecular complexity index is 346. The van der Waals surface area contributed by atoms with Crippen molar-refractivity contribution in [3.63, 3.8) is 0 Å². The van der Waals surface area contributed by atoms with Crippen LogP contribution in [0.1, 0.15) is 17.9 Å². The summed E-state index contributed by atoms with van der Waals surface area (Å²) in [6, 6.07) is 4.91. The van der Waals surface area contributed by atoms with E-state index in [0.29, 0.717) is 5.69 Å². The van der Waals surface area contributed by atoms with E-state index in [-0.39, 0.29) is 0 Å². The van der Waals surface area contributed by atoms with Crippen molar-refractivity contribution in [2.45, 2.75) is 12.2 Å². The van der Waals surface area contributed by atoms with E-state index in [4.69, 9.17) is 4.55 Å². The Hall–Kier alpha value is -0.940. The molecule has 0 aliphatic heterocycles. The minimum atomic E-state index is -4.02. The van der Waals surface area contributed by atoms with E-state index in [9.17, 15) is 8.42 Å². The van der Waals surface area contributed by atoms with Gasteiger partial charge in [-0.2, -0.15) is 8.42 Å². The highest BCUT2D eigenvalue weighted by atomic mass is 32.2. The lowest BCUT2D eigenvalue weighted by Crippen LogP contribution is -2.09. The number of nitrogens with zero attached hydrogens (tertiary/aromatic N) is 1. The number of rotatable bonds is 2. The van der Waals surface area contributed by atoms with E-state index in [1.165, 1.54) is 13.1 Å². The molecule has 0 aliphatic carbocycles. The van der Waals surface area contributed by atoms with Crippen LogP contribution in [0, 0.1) is 0 Å². The van der Waals surface area contributed by atoms with Gasteiger partial charge in [0, 0.05) is 6.20 Å². The molecule has 0 saturated carbocycles. The predicted octanol–water partition coefficient (Wildman–Crippen LogP) is 1.03. The molecule has 0 spiro atoms. The average molecular weight is 187 g/mol. The summed E-state index contributed by atoms with van der Waals surface area (Å²) in [4.78, 5) is 3.81. The Morgan fingerprint density at radius 2 is 2.17 bits per heavy atom. The molecule has 0 saturated heterocycles. The standard InChI is InChI=1S/C7H9NO3S/c1-6(12(9,10)11)7-4-2-3-5-8-7/h2-6H,1H3,(H,9,10,11)/t6-/m1/s1. The number of hydrogen-bond acceptors (Lipinski definition) is 3. The summed E-state index contributed by atoms with van der Waals surface area (Å²) in [6.07, 6.45) is 1.48. The maximum atomic E-state index is 10.6. The Kier molecular flexibility index (Phi) is 2.44. The number of aromatic nitrogens is 1. The predicted molar refractivity (Wildman–Crippen MR) is 44.2 cm³/mol. The molecule has 0 unspecified atom stereocenters. The van der Waals surface area contributed by atoms with E-state index >= 15 is 0 Å². The summed E-state index contributed by atoms with van der Waals surface area (Å²) < 4.78 is 30.0. The third-order valence-electron chi connectivity index (χ3n) is 1.55. The van der Waals surface area contributed by atoms with Crippen LogP contribution in [-0.2, 0) is 10.1 Å². The van der Waals surface area contributed by atoms with Crippen LogP contribution in [0.3, 0.4) is 0 Å². The second-order valence-corrected chi connectivity index (χ2v) is 4.15. The summed E-state index contributed by atoms with van der Waals surface area (Å²) in [5.41, 5.74) is 0.347. The Labute approximate surface area is 71.0 Å². The van der Waals surface area contributed by atoms with Gasteiger partial charge in [0.05, 0.1) is 5.69 Å². The Morgan fingerprint density at radius 1 is 1.50 bits per heavy atom. The van der Waals surface area contributed by atoms with Crippen LogP contribution in [0.5, 0.6) is 0 Å². The fourth-order valence-corrected chi connectivity index (χ4v) is 1.21. The van der Waals surface area contributed by atoms with Gasteiger partial charge in [0.1, 0.15) is 5.25 Å². The fraction of sp³-hybridized carbons (Fsp3) is 0.286.